The summed E-state index contributed by atoms with van der Waals surface area (Å²) in [7, 11) is 0. The number of nitrogens with two attached hydrogens (primary N) is 1. The van der Waals surface area contributed by atoms with Crippen LogP contribution in [0, 0.1) is 0 Å². The average Bonchev–Trinajstić information content (AvgIpc) is 2.27. The van der Waals surface area contributed by atoms with E-state index in [9.17, 15) is 4.79 Å². The molecule has 0 aliphatic rings. The third kappa shape index (κ3) is 7.40. The molecule has 0 spiro atoms. The monoisotopic (exact) mass is 253 g/mol. The van der Waals surface area contributed by atoms with E-state index in [1.54, 1.807) is 18.2 Å². The summed E-state index contributed by atoms with van der Waals surface area (Å²) in [6.45, 7) is 6.33. The second-order valence-electron chi connectivity index (χ2n) is 4.54. The van der Waals surface area contributed by atoms with Crippen molar-refractivity contribution in [2.45, 2.75) is 33.0 Å². The summed E-state index contributed by atoms with van der Waals surface area (Å²) in [6.07, 6.45) is 0.250. The van der Waals surface area contributed by atoms with E-state index in [1.807, 2.05) is 26.8 Å². The molecule has 1 rings (SSSR count). The van der Waals surface area contributed by atoms with Crippen molar-refractivity contribution in [3.63, 3.8) is 0 Å². The first-order valence-corrected chi connectivity index (χ1v) is 5.41. The van der Waals surface area contributed by atoms with Crippen LogP contribution >= 0.6 is 0 Å². The maximum Gasteiger partial charge on any atom is 0.335 e. The van der Waals surface area contributed by atoms with Gasteiger partial charge in [-0.3, -0.25) is 4.79 Å². The Hall–Kier alpha value is -1.88. The minimum absolute atomic E-state index is 0.209. The number of benzene rings is 1. The Morgan fingerprint density at radius 2 is 2.00 bits per heavy atom. The fraction of sp³-hybridized carbons (Fsp3) is 0.385. The van der Waals surface area contributed by atoms with Crippen LogP contribution in [0.5, 0.6) is 0 Å². The van der Waals surface area contributed by atoms with Gasteiger partial charge in [-0.2, -0.15) is 0 Å². The first kappa shape index (κ1) is 16.1. The van der Waals surface area contributed by atoms with Crippen LogP contribution in [-0.2, 0) is 16.1 Å². The Bertz CT molecular complexity index is 396. The maximum absolute atomic E-state index is 10.7. The van der Waals surface area contributed by atoms with Gasteiger partial charge in [0.25, 0.3) is 0 Å². The number of carboxylic acid groups (broad SMARTS) is 1. The van der Waals surface area contributed by atoms with Crippen molar-refractivity contribution in [3.05, 3.63) is 35.4 Å². The van der Waals surface area contributed by atoms with Crippen LogP contribution in [0.15, 0.2) is 24.3 Å². The van der Waals surface area contributed by atoms with Crippen LogP contribution in [0.25, 0.3) is 0 Å². The molecule has 100 valence electrons. The molecule has 0 bridgehead atoms. The van der Waals surface area contributed by atoms with Crippen LogP contribution in [0.2, 0.25) is 0 Å². The number of hydrogen-bond acceptors (Lipinski definition) is 3. The molecule has 18 heavy (non-hydrogen) atoms. The zero-order valence-electron chi connectivity index (χ0n) is 10.8. The summed E-state index contributed by atoms with van der Waals surface area (Å²) >= 11 is 0. The van der Waals surface area contributed by atoms with Crippen LogP contribution < -0.4 is 5.73 Å². The molecule has 5 heteroatoms. The predicted molar refractivity (Wildman–Crippen MR) is 68.2 cm³/mol. The van der Waals surface area contributed by atoms with Crippen molar-refractivity contribution in [2.24, 2.45) is 5.73 Å². The van der Waals surface area contributed by atoms with Crippen LogP contribution in [0.1, 0.15) is 36.7 Å². The number of aromatic carboxylic acids is 1. The Kier molecular flexibility index (Phi) is 6.67. The zero-order valence-corrected chi connectivity index (χ0v) is 10.8. The van der Waals surface area contributed by atoms with E-state index in [1.165, 1.54) is 0 Å². The Morgan fingerprint density at radius 3 is 2.44 bits per heavy atom. The van der Waals surface area contributed by atoms with Crippen LogP contribution in [0.3, 0.4) is 0 Å². The van der Waals surface area contributed by atoms with Crippen molar-refractivity contribution >= 4 is 12.4 Å². The number of primary amides is 1. The lowest BCUT2D eigenvalue weighted by Gasteiger charge is -2.19. The van der Waals surface area contributed by atoms with Gasteiger partial charge < -0.3 is 15.6 Å². The number of ether oxygens (including phenoxy) is 1. The Balaban J connectivity index is 0.000000873. The summed E-state index contributed by atoms with van der Waals surface area (Å²) in [5.41, 5.74) is 5.13. The first-order valence-electron chi connectivity index (χ1n) is 5.41. The topological polar surface area (TPSA) is 89.6 Å². The highest BCUT2D eigenvalue weighted by Crippen LogP contribution is 2.13. The van der Waals surface area contributed by atoms with Gasteiger partial charge in [-0.15, -0.1) is 0 Å². The third-order valence-electron chi connectivity index (χ3n) is 1.85. The molecule has 1 amide bonds. The SMILES string of the molecule is CC(C)(C)OCc1cccc(C(=O)O)c1.NC=O. The molecular formula is C13H19NO4. The second-order valence-corrected chi connectivity index (χ2v) is 4.54. The number of carbonyl (C=O) groups excluding carboxylic acids is 1. The molecule has 0 unspecified atom stereocenters. The number of rotatable bonds is 3. The van der Waals surface area contributed by atoms with E-state index in [2.05, 4.69) is 5.73 Å². The lowest BCUT2D eigenvalue weighted by molar-refractivity contribution is -0.106. The van der Waals surface area contributed by atoms with Gasteiger partial charge in [0, 0.05) is 0 Å². The first-order chi connectivity index (χ1) is 8.30. The fourth-order valence-electron chi connectivity index (χ4n) is 1.09. The van der Waals surface area contributed by atoms with Gasteiger partial charge in [0.05, 0.1) is 17.8 Å². The highest BCUT2D eigenvalue weighted by Gasteiger charge is 2.10. The molecule has 1 aromatic carbocycles. The predicted octanol–water partition coefficient (Wildman–Crippen LogP) is 1.80. The molecule has 0 fully saturated rings. The van der Waals surface area contributed by atoms with Crippen LogP contribution in [0.4, 0.5) is 0 Å². The molecule has 0 saturated carbocycles. The molecule has 0 radical (unpaired) electrons. The lowest BCUT2D eigenvalue weighted by atomic mass is 10.1. The Morgan fingerprint density at radius 1 is 1.44 bits per heavy atom. The average molecular weight is 253 g/mol. The second kappa shape index (κ2) is 7.45. The van der Waals surface area contributed by atoms with Crippen molar-refractivity contribution in [2.75, 3.05) is 0 Å². The highest BCUT2D eigenvalue weighted by atomic mass is 16.5. The van der Waals surface area contributed by atoms with E-state index in [4.69, 9.17) is 14.6 Å². The molecule has 1 aromatic rings. The Labute approximate surface area is 107 Å². The van der Waals surface area contributed by atoms with E-state index in [0.29, 0.717) is 12.2 Å². The normalized spacial score (nSPS) is 10.2. The number of carboxylic acids is 1. The van der Waals surface area contributed by atoms with Crippen LogP contribution in [-0.4, -0.2) is 23.1 Å². The summed E-state index contributed by atoms with van der Waals surface area (Å²) in [5.74, 6) is -0.910. The molecule has 0 aliphatic carbocycles. The van der Waals surface area contributed by atoms with E-state index < -0.39 is 5.97 Å². The summed E-state index contributed by atoms with van der Waals surface area (Å²) in [4.78, 5) is 19.3. The van der Waals surface area contributed by atoms with Gasteiger partial charge in [-0.25, -0.2) is 4.79 Å². The molecule has 0 heterocycles. The summed E-state index contributed by atoms with van der Waals surface area (Å²) < 4.78 is 5.56. The standard InChI is InChI=1S/C12H16O3.CH3NO/c1-12(2,3)15-8-9-5-4-6-10(7-9)11(13)14;2-1-3/h4-7H,8H2,1-3H3,(H,13,14);1H,(H2,2,3). The van der Waals surface area contributed by atoms with Crippen molar-refractivity contribution in [1.29, 1.82) is 0 Å². The van der Waals surface area contributed by atoms with Crippen molar-refractivity contribution < 1.29 is 19.4 Å². The van der Waals surface area contributed by atoms with Gasteiger partial charge in [0.1, 0.15) is 0 Å². The quantitative estimate of drug-likeness (QED) is 0.804. The number of hydrogen-bond donors (Lipinski definition) is 2. The fourth-order valence-corrected chi connectivity index (χ4v) is 1.09. The number of amides is 1. The zero-order chi connectivity index (χ0) is 14.2. The number of carbonyl (C=O) groups is 2. The molecular weight excluding hydrogens is 234 g/mol. The maximum atomic E-state index is 10.7. The summed E-state index contributed by atoms with van der Waals surface area (Å²) in [5, 5.41) is 8.80. The van der Waals surface area contributed by atoms with Gasteiger partial charge in [-0.05, 0) is 38.5 Å². The van der Waals surface area contributed by atoms with Crippen molar-refractivity contribution in [1.82, 2.24) is 0 Å². The minimum atomic E-state index is -0.910. The van der Waals surface area contributed by atoms with E-state index >= 15 is 0 Å². The minimum Gasteiger partial charge on any atom is -0.478 e. The van der Waals surface area contributed by atoms with E-state index in [0.717, 1.165) is 5.56 Å². The molecule has 0 saturated heterocycles. The molecule has 3 N–H and O–H groups in total. The largest absolute Gasteiger partial charge is 0.478 e. The van der Waals surface area contributed by atoms with Gasteiger partial charge in [-0.1, -0.05) is 12.1 Å². The van der Waals surface area contributed by atoms with Gasteiger partial charge in [0.15, 0.2) is 0 Å². The molecule has 0 aliphatic heterocycles. The van der Waals surface area contributed by atoms with Gasteiger partial charge >= 0.3 is 5.97 Å². The van der Waals surface area contributed by atoms with E-state index in [-0.39, 0.29) is 12.0 Å². The summed E-state index contributed by atoms with van der Waals surface area (Å²) in [6, 6.07) is 6.79. The third-order valence-corrected chi connectivity index (χ3v) is 1.85. The molecule has 0 aromatic heterocycles. The lowest BCUT2D eigenvalue weighted by Crippen LogP contribution is -2.18. The molecule has 0 atom stereocenters. The highest BCUT2D eigenvalue weighted by molar-refractivity contribution is 5.87. The van der Waals surface area contributed by atoms with Gasteiger partial charge in [0.2, 0.25) is 6.41 Å². The van der Waals surface area contributed by atoms with Crippen molar-refractivity contribution in [3.8, 4) is 0 Å². The smallest absolute Gasteiger partial charge is 0.335 e. The molecule has 5 nitrogen and oxygen atoms in total.